The molecule has 0 spiro atoms. The van der Waals surface area contributed by atoms with E-state index < -0.39 is 11.9 Å². The molecule has 6 nitrogen and oxygen atoms in total. The lowest BCUT2D eigenvalue weighted by Crippen LogP contribution is -2.33. The van der Waals surface area contributed by atoms with Crippen molar-refractivity contribution in [2.75, 3.05) is 23.4 Å². The van der Waals surface area contributed by atoms with Gasteiger partial charge in [-0.2, -0.15) is 0 Å². The molecular weight excluding hydrogens is 332 g/mol. The van der Waals surface area contributed by atoms with Gasteiger partial charge in [-0.1, -0.05) is 30.3 Å². The zero-order chi connectivity index (χ0) is 18.9. The Labute approximate surface area is 152 Å². The minimum absolute atomic E-state index is 0.238. The van der Waals surface area contributed by atoms with Gasteiger partial charge in [0.05, 0.1) is 17.9 Å². The Hall–Kier alpha value is -3.15. The van der Waals surface area contributed by atoms with Crippen LogP contribution in [0.5, 0.6) is 0 Å². The highest BCUT2D eigenvalue weighted by atomic mass is 16.5. The number of nitrogens with one attached hydrogen (secondary N) is 1. The van der Waals surface area contributed by atoms with Crippen molar-refractivity contribution in [2.45, 2.75) is 20.3 Å². The number of carbonyl (C=O) groups excluding carboxylic acids is 3. The van der Waals surface area contributed by atoms with Gasteiger partial charge in [-0.05, 0) is 38.1 Å². The van der Waals surface area contributed by atoms with Gasteiger partial charge in [0.2, 0.25) is 11.8 Å². The quantitative estimate of drug-likeness (QED) is 0.612. The second kappa shape index (κ2) is 9.36. The summed E-state index contributed by atoms with van der Waals surface area (Å²) in [6.07, 6.45) is -0.320. The van der Waals surface area contributed by atoms with E-state index in [0.717, 1.165) is 5.69 Å². The molecule has 2 rings (SSSR count). The maximum absolute atomic E-state index is 12.5. The number of anilines is 2. The standard InChI is InChI=1S/C20H22N2O4/c1-3-22(15-10-6-5-7-11-15)19(24)14-18(23)21-17-13-9-8-12-16(17)20(25)26-4-2/h5-13H,3-4,14H2,1-2H3,(H,21,23). The lowest BCUT2D eigenvalue weighted by molar-refractivity contribution is -0.125. The van der Waals surface area contributed by atoms with Gasteiger partial charge < -0.3 is 15.0 Å². The third kappa shape index (κ3) is 4.92. The summed E-state index contributed by atoms with van der Waals surface area (Å²) >= 11 is 0. The number of benzene rings is 2. The first kappa shape index (κ1) is 19.2. The zero-order valence-corrected chi connectivity index (χ0v) is 14.9. The van der Waals surface area contributed by atoms with Gasteiger partial charge in [0.1, 0.15) is 6.42 Å². The van der Waals surface area contributed by atoms with Crippen LogP contribution in [0.4, 0.5) is 11.4 Å². The number of esters is 1. The molecule has 0 saturated heterocycles. The van der Waals surface area contributed by atoms with Crippen molar-refractivity contribution < 1.29 is 19.1 Å². The molecule has 6 heteroatoms. The number of rotatable bonds is 7. The van der Waals surface area contributed by atoms with Crippen molar-refractivity contribution >= 4 is 29.2 Å². The fourth-order valence-electron chi connectivity index (χ4n) is 2.52. The van der Waals surface area contributed by atoms with Crippen molar-refractivity contribution in [2.24, 2.45) is 0 Å². The molecule has 0 atom stereocenters. The monoisotopic (exact) mass is 354 g/mol. The van der Waals surface area contributed by atoms with Crippen LogP contribution in [0.1, 0.15) is 30.6 Å². The van der Waals surface area contributed by atoms with Crippen molar-refractivity contribution in [3.05, 3.63) is 60.2 Å². The Kier molecular flexibility index (Phi) is 6.91. The normalized spacial score (nSPS) is 10.1. The Morgan fingerprint density at radius 3 is 2.27 bits per heavy atom. The number of hydrogen-bond acceptors (Lipinski definition) is 4. The molecular formula is C20H22N2O4. The van der Waals surface area contributed by atoms with Crippen molar-refractivity contribution in [1.82, 2.24) is 0 Å². The molecule has 0 aliphatic carbocycles. The van der Waals surface area contributed by atoms with Gasteiger partial charge >= 0.3 is 5.97 Å². The van der Waals surface area contributed by atoms with Crippen LogP contribution in [-0.4, -0.2) is 30.9 Å². The second-order valence-corrected chi connectivity index (χ2v) is 5.46. The third-order valence-electron chi connectivity index (χ3n) is 3.69. The predicted octanol–water partition coefficient (Wildman–Crippen LogP) is 3.25. The smallest absolute Gasteiger partial charge is 0.340 e. The Balaban J connectivity index is 2.07. The molecule has 26 heavy (non-hydrogen) atoms. The topological polar surface area (TPSA) is 75.7 Å². The minimum atomic E-state index is -0.519. The van der Waals surface area contributed by atoms with Gasteiger partial charge in [-0.15, -0.1) is 0 Å². The molecule has 0 heterocycles. The van der Waals surface area contributed by atoms with E-state index in [-0.39, 0.29) is 24.5 Å². The van der Waals surface area contributed by atoms with E-state index in [1.807, 2.05) is 37.3 Å². The zero-order valence-electron chi connectivity index (χ0n) is 14.9. The molecule has 0 saturated carbocycles. The van der Waals surface area contributed by atoms with Gasteiger partial charge in [0.25, 0.3) is 0 Å². The molecule has 1 N–H and O–H groups in total. The van der Waals surface area contributed by atoms with E-state index in [1.165, 1.54) is 4.90 Å². The van der Waals surface area contributed by atoms with Crippen LogP contribution in [0.2, 0.25) is 0 Å². The number of amides is 2. The molecule has 0 aliphatic heterocycles. The van der Waals surface area contributed by atoms with E-state index >= 15 is 0 Å². The first-order chi connectivity index (χ1) is 12.6. The number of ether oxygens (including phenoxy) is 1. The van der Waals surface area contributed by atoms with Crippen LogP contribution in [0, 0.1) is 0 Å². The average Bonchev–Trinajstić information content (AvgIpc) is 2.63. The third-order valence-corrected chi connectivity index (χ3v) is 3.69. The number of carbonyl (C=O) groups is 3. The van der Waals surface area contributed by atoms with E-state index in [1.54, 1.807) is 31.2 Å². The number of nitrogens with zero attached hydrogens (tertiary/aromatic N) is 1. The SMILES string of the molecule is CCOC(=O)c1ccccc1NC(=O)CC(=O)N(CC)c1ccccc1. The number of para-hydroxylation sites is 2. The molecule has 0 bridgehead atoms. The van der Waals surface area contributed by atoms with E-state index in [2.05, 4.69) is 5.32 Å². The first-order valence-corrected chi connectivity index (χ1v) is 8.48. The Bertz CT molecular complexity index is 774. The summed E-state index contributed by atoms with van der Waals surface area (Å²) in [5.74, 6) is -1.32. The van der Waals surface area contributed by atoms with Crippen molar-refractivity contribution in [3.8, 4) is 0 Å². The molecule has 0 unspecified atom stereocenters. The van der Waals surface area contributed by atoms with Gasteiger partial charge in [-0.25, -0.2) is 4.79 Å². The van der Waals surface area contributed by atoms with Crippen LogP contribution in [0.15, 0.2) is 54.6 Å². The van der Waals surface area contributed by atoms with Gasteiger partial charge in [-0.3, -0.25) is 9.59 Å². The Morgan fingerprint density at radius 1 is 0.962 bits per heavy atom. The van der Waals surface area contributed by atoms with Gasteiger partial charge in [0, 0.05) is 12.2 Å². The van der Waals surface area contributed by atoms with E-state index in [4.69, 9.17) is 4.74 Å². The molecule has 0 aromatic heterocycles. The second-order valence-electron chi connectivity index (χ2n) is 5.46. The summed E-state index contributed by atoms with van der Waals surface area (Å²) in [5.41, 5.74) is 1.32. The molecule has 0 radical (unpaired) electrons. The molecule has 0 aliphatic rings. The number of hydrogen-bond donors (Lipinski definition) is 1. The summed E-state index contributed by atoms with van der Waals surface area (Å²) in [7, 11) is 0. The van der Waals surface area contributed by atoms with Crippen LogP contribution in [0.3, 0.4) is 0 Å². The fraction of sp³-hybridized carbons (Fsp3) is 0.250. The van der Waals surface area contributed by atoms with Crippen LogP contribution in [-0.2, 0) is 14.3 Å². The average molecular weight is 354 g/mol. The molecule has 2 aromatic carbocycles. The maximum atomic E-state index is 12.5. The van der Waals surface area contributed by atoms with Crippen molar-refractivity contribution in [3.63, 3.8) is 0 Å². The lowest BCUT2D eigenvalue weighted by atomic mass is 10.1. The highest BCUT2D eigenvalue weighted by Gasteiger charge is 2.19. The minimum Gasteiger partial charge on any atom is -0.462 e. The maximum Gasteiger partial charge on any atom is 0.340 e. The highest BCUT2D eigenvalue weighted by molar-refractivity contribution is 6.10. The van der Waals surface area contributed by atoms with E-state index in [0.29, 0.717) is 12.2 Å². The summed E-state index contributed by atoms with van der Waals surface area (Å²) in [5, 5.41) is 2.62. The summed E-state index contributed by atoms with van der Waals surface area (Å²) in [6, 6.07) is 15.7. The predicted molar refractivity (Wildman–Crippen MR) is 100 cm³/mol. The van der Waals surface area contributed by atoms with E-state index in [9.17, 15) is 14.4 Å². The summed E-state index contributed by atoms with van der Waals surface area (Å²) in [4.78, 5) is 38.3. The van der Waals surface area contributed by atoms with Gasteiger partial charge in [0.15, 0.2) is 0 Å². The van der Waals surface area contributed by atoms with Crippen LogP contribution < -0.4 is 10.2 Å². The first-order valence-electron chi connectivity index (χ1n) is 8.48. The molecule has 2 amide bonds. The van der Waals surface area contributed by atoms with Crippen LogP contribution in [0.25, 0.3) is 0 Å². The van der Waals surface area contributed by atoms with Crippen molar-refractivity contribution in [1.29, 1.82) is 0 Å². The lowest BCUT2D eigenvalue weighted by Gasteiger charge is -2.21. The molecule has 0 fully saturated rings. The largest absolute Gasteiger partial charge is 0.462 e. The Morgan fingerprint density at radius 2 is 1.62 bits per heavy atom. The molecule has 2 aromatic rings. The highest BCUT2D eigenvalue weighted by Crippen LogP contribution is 2.18. The fourth-order valence-corrected chi connectivity index (χ4v) is 2.52. The van der Waals surface area contributed by atoms with Crippen LogP contribution >= 0.6 is 0 Å². The summed E-state index contributed by atoms with van der Waals surface area (Å²) < 4.78 is 4.98. The summed E-state index contributed by atoms with van der Waals surface area (Å²) in [6.45, 7) is 4.25. The molecule has 136 valence electrons.